The fraction of sp³-hybridized carbons (Fsp3) is 0.200. The average molecular weight is 238 g/mol. The third-order valence-electron chi connectivity index (χ3n) is 1.80. The van der Waals surface area contributed by atoms with Crippen molar-refractivity contribution in [2.24, 2.45) is 11.5 Å². The number of urea groups is 2. The quantitative estimate of drug-likeness (QED) is 0.549. The van der Waals surface area contributed by atoms with Crippen LogP contribution < -0.4 is 26.8 Å². The van der Waals surface area contributed by atoms with E-state index >= 15 is 0 Å². The standard InChI is InChI=1S/C10H14N4O3/c11-9(15)13-5-6-17-8-4-2-1-3-7(8)14-10(12)16/h1-4H,5-6H2,(H3,11,13,15)(H3,12,14,16). The summed E-state index contributed by atoms with van der Waals surface area (Å²) in [7, 11) is 0. The molecule has 0 bridgehead atoms. The molecule has 0 saturated heterocycles. The summed E-state index contributed by atoms with van der Waals surface area (Å²) < 4.78 is 5.35. The van der Waals surface area contributed by atoms with E-state index in [1.807, 2.05) is 0 Å². The van der Waals surface area contributed by atoms with Crippen molar-refractivity contribution in [3.8, 4) is 5.75 Å². The van der Waals surface area contributed by atoms with Crippen LogP contribution in [-0.4, -0.2) is 25.2 Å². The molecule has 1 aromatic carbocycles. The summed E-state index contributed by atoms with van der Waals surface area (Å²) in [6.07, 6.45) is 0. The second-order valence-electron chi connectivity index (χ2n) is 3.12. The van der Waals surface area contributed by atoms with Crippen LogP contribution in [0.4, 0.5) is 15.3 Å². The number of carbonyl (C=O) groups is 2. The van der Waals surface area contributed by atoms with Crippen molar-refractivity contribution in [2.75, 3.05) is 18.5 Å². The van der Waals surface area contributed by atoms with Gasteiger partial charge in [0.1, 0.15) is 12.4 Å². The molecule has 6 N–H and O–H groups in total. The normalized spacial score (nSPS) is 9.41. The van der Waals surface area contributed by atoms with E-state index < -0.39 is 12.1 Å². The Bertz CT molecular complexity index is 408. The van der Waals surface area contributed by atoms with Crippen molar-refractivity contribution < 1.29 is 14.3 Å². The maximum Gasteiger partial charge on any atom is 0.316 e. The van der Waals surface area contributed by atoms with Gasteiger partial charge in [0, 0.05) is 0 Å². The van der Waals surface area contributed by atoms with Gasteiger partial charge in [-0.3, -0.25) is 0 Å². The number of nitrogens with one attached hydrogen (secondary N) is 2. The van der Waals surface area contributed by atoms with E-state index in [1.54, 1.807) is 24.3 Å². The van der Waals surface area contributed by atoms with Crippen molar-refractivity contribution in [2.45, 2.75) is 0 Å². The number of para-hydroxylation sites is 2. The molecule has 0 fully saturated rings. The predicted octanol–water partition coefficient (Wildman–Crippen LogP) is 0.224. The maximum atomic E-state index is 10.7. The number of hydrogen-bond donors (Lipinski definition) is 4. The van der Waals surface area contributed by atoms with Gasteiger partial charge in [0.05, 0.1) is 12.2 Å². The van der Waals surface area contributed by atoms with Gasteiger partial charge in [-0.1, -0.05) is 12.1 Å². The highest BCUT2D eigenvalue weighted by molar-refractivity contribution is 5.89. The molecule has 1 rings (SSSR count). The number of rotatable bonds is 5. The lowest BCUT2D eigenvalue weighted by molar-refractivity contribution is 0.244. The topological polar surface area (TPSA) is 119 Å². The van der Waals surface area contributed by atoms with Crippen LogP contribution in [0.15, 0.2) is 24.3 Å². The summed E-state index contributed by atoms with van der Waals surface area (Å²) in [5.74, 6) is 0.470. The Kier molecular flexibility index (Phi) is 4.61. The SMILES string of the molecule is NC(=O)NCCOc1ccccc1NC(N)=O. The molecule has 0 heterocycles. The molecule has 0 aliphatic carbocycles. The molecule has 0 unspecified atom stereocenters. The highest BCUT2D eigenvalue weighted by Crippen LogP contribution is 2.23. The molecular weight excluding hydrogens is 224 g/mol. The molecule has 0 atom stereocenters. The van der Waals surface area contributed by atoms with Crippen LogP contribution in [0.2, 0.25) is 0 Å². The van der Waals surface area contributed by atoms with Gasteiger partial charge in [0.2, 0.25) is 0 Å². The number of primary amides is 2. The van der Waals surface area contributed by atoms with Crippen molar-refractivity contribution in [3.63, 3.8) is 0 Å². The Morgan fingerprint density at radius 3 is 2.53 bits per heavy atom. The number of amides is 4. The van der Waals surface area contributed by atoms with E-state index in [0.717, 1.165) is 0 Å². The summed E-state index contributed by atoms with van der Waals surface area (Å²) >= 11 is 0. The molecular formula is C10H14N4O3. The first kappa shape index (κ1) is 12.6. The smallest absolute Gasteiger partial charge is 0.316 e. The van der Waals surface area contributed by atoms with Gasteiger partial charge in [-0.15, -0.1) is 0 Å². The minimum Gasteiger partial charge on any atom is -0.490 e. The lowest BCUT2D eigenvalue weighted by atomic mass is 10.3. The Hall–Kier alpha value is -2.44. The molecule has 0 saturated carbocycles. The van der Waals surface area contributed by atoms with E-state index in [4.69, 9.17) is 16.2 Å². The minimum absolute atomic E-state index is 0.237. The number of anilines is 1. The summed E-state index contributed by atoms with van der Waals surface area (Å²) in [4.78, 5) is 21.1. The highest BCUT2D eigenvalue weighted by Gasteiger charge is 2.04. The van der Waals surface area contributed by atoms with Crippen LogP contribution in [0.3, 0.4) is 0 Å². The van der Waals surface area contributed by atoms with Gasteiger partial charge in [0.25, 0.3) is 0 Å². The Morgan fingerprint density at radius 1 is 1.18 bits per heavy atom. The third-order valence-corrected chi connectivity index (χ3v) is 1.80. The molecule has 0 radical (unpaired) electrons. The van der Waals surface area contributed by atoms with E-state index in [-0.39, 0.29) is 13.2 Å². The number of ether oxygens (including phenoxy) is 1. The van der Waals surface area contributed by atoms with E-state index in [2.05, 4.69) is 10.6 Å². The van der Waals surface area contributed by atoms with Crippen LogP contribution in [0.25, 0.3) is 0 Å². The summed E-state index contributed by atoms with van der Waals surface area (Å²) in [5.41, 5.74) is 10.4. The largest absolute Gasteiger partial charge is 0.490 e. The fourth-order valence-corrected chi connectivity index (χ4v) is 1.16. The molecule has 0 aliphatic rings. The van der Waals surface area contributed by atoms with E-state index in [9.17, 15) is 9.59 Å². The first-order valence-electron chi connectivity index (χ1n) is 4.91. The Labute approximate surface area is 98.1 Å². The number of hydrogen-bond acceptors (Lipinski definition) is 3. The molecule has 92 valence electrons. The molecule has 4 amide bonds. The van der Waals surface area contributed by atoms with Gasteiger partial charge < -0.3 is 26.8 Å². The van der Waals surface area contributed by atoms with Gasteiger partial charge in [-0.05, 0) is 12.1 Å². The Balaban J connectivity index is 2.51. The van der Waals surface area contributed by atoms with Gasteiger partial charge in [-0.25, -0.2) is 9.59 Å². The van der Waals surface area contributed by atoms with E-state index in [1.165, 1.54) is 0 Å². The van der Waals surface area contributed by atoms with Gasteiger partial charge in [0.15, 0.2) is 0 Å². The van der Waals surface area contributed by atoms with Crippen molar-refractivity contribution in [3.05, 3.63) is 24.3 Å². The lowest BCUT2D eigenvalue weighted by Gasteiger charge is -2.11. The van der Waals surface area contributed by atoms with Crippen molar-refractivity contribution in [1.29, 1.82) is 0 Å². The highest BCUT2D eigenvalue weighted by atomic mass is 16.5. The summed E-state index contributed by atoms with van der Waals surface area (Å²) in [6, 6.07) is 5.54. The van der Waals surface area contributed by atoms with Gasteiger partial charge in [-0.2, -0.15) is 0 Å². The zero-order valence-electron chi connectivity index (χ0n) is 9.10. The van der Waals surface area contributed by atoms with Crippen molar-refractivity contribution in [1.82, 2.24) is 5.32 Å². The zero-order valence-corrected chi connectivity index (χ0v) is 9.10. The molecule has 17 heavy (non-hydrogen) atoms. The number of nitrogens with two attached hydrogens (primary N) is 2. The average Bonchev–Trinajstić information content (AvgIpc) is 2.25. The summed E-state index contributed by atoms with van der Waals surface area (Å²) in [6.45, 7) is 0.515. The maximum absolute atomic E-state index is 10.7. The number of carbonyl (C=O) groups excluding carboxylic acids is 2. The fourth-order valence-electron chi connectivity index (χ4n) is 1.16. The minimum atomic E-state index is -0.670. The van der Waals surface area contributed by atoms with Crippen LogP contribution in [0, 0.1) is 0 Å². The molecule has 0 aliphatic heterocycles. The molecule has 7 heteroatoms. The first-order chi connectivity index (χ1) is 8.09. The monoisotopic (exact) mass is 238 g/mol. The van der Waals surface area contributed by atoms with Crippen LogP contribution in [0.1, 0.15) is 0 Å². The van der Waals surface area contributed by atoms with Gasteiger partial charge >= 0.3 is 12.1 Å². The molecule has 7 nitrogen and oxygen atoms in total. The molecule has 1 aromatic rings. The van der Waals surface area contributed by atoms with Crippen LogP contribution >= 0.6 is 0 Å². The van der Waals surface area contributed by atoms with Crippen LogP contribution in [0.5, 0.6) is 5.75 Å². The molecule has 0 spiro atoms. The second kappa shape index (κ2) is 6.21. The Morgan fingerprint density at radius 2 is 1.88 bits per heavy atom. The van der Waals surface area contributed by atoms with Crippen LogP contribution in [-0.2, 0) is 0 Å². The zero-order chi connectivity index (χ0) is 12.7. The second-order valence-corrected chi connectivity index (χ2v) is 3.12. The van der Waals surface area contributed by atoms with E-state index in [0.29, 0.717) is 11.4 Å². The number of benzene rings is 1. The third kappa shape index (κ3) is 4.74. The lowest BCUT2D eigenvalue weighted by Crippen LogP contribution is -2.32. The predicted molar refractivity (Wildman–Crippen MR) is 62.7 cm³/mol. The van der Waals surface area contributed by atoms with Crippen molar-refractivity contribution >= 4 is 17.7 Å². The molecule has 0 aromatic heterocycles. The summed E-state index contributed by atoms with van der Waals surface area (Å²) in [5, 5.41) is 4.80. The first-order valence-corrected chi connectivity index (χ1v) is 4.91.